The number of hydrogen-bond acceptors (Lipinski definition) is 6. The van der Waals surface area contributed by atoms with Crippen LogP contribution in [0.2, 0.25) is 0 Å². The molecule has 0 atom stereocenters. The molecular weight excluding hydrogens is 448 g/mol. The Balaban J connectivity index is 1.57. The molecule has 0 radical (unpaired) electrons. The minimum atomic E-state index is -4.03. The molecule has 1 aliphatic carbocycles. The van der Waals surface area contributed by atoms with E-state index in [0.717, 1.165) is 48.5 Å². The Labute approximate surface area is 200 Å². The second-order valence-electron chi connectivity index (χ2n) is 9.75. The van der Waals surface area contributed by atoms with Crippen LogP contribution in [0.4, 0.5) is 0 Å². The molecule has 2 aliphatic rings. The zero-order valence-corrected chi connectivity index (χ0v) is 20.3. The zero-order chi connectivity index (χ0) is 23.7. The van der Waals surface area contributed by atoms with Crippen molar-refractivity contribution in [3.63, 3.8) is 0 Å². The fourth-order valence-electron chi connectivity index (χ4n) is 5.47. The molecule has 34 heavy (non-hydrogen) atoms. The predicted octanol–water partition coefficient (Wildman–Crippen LogP) is 3.63. The number of aromatic amines is 1. The molecule has 0 unspecified atom stereocenters. The molecule has 1 saturated heterocycles. The number of sulfonamides is 1. The highest BCUT2D eigenvalue weighted by molar-refractivity contribution is 7.89. The third kappa shape index (κ3) is 4.64. The predicted molar refractivity (Wildman–Crippen MR) is 131 cm³/mol. The van der Waals surface area contributed by atoms with Crippen molar-refractivity contribution in [2.75, 3.05) is 13.1 Å². The van der Waals surface area contributed by atoms with Crippen LogP contribution >= 0.6 is 0 Å². The smallest absolute Gasteiger partial charge is 0.239 e. The van der Waals surface area contributed by atoms with Gasteiger partial charge in [-0.25, -0.2) is 18.7 Å². The van der Waals surface area contributed by atoms with Crippen LogP contribution in [0.5, 0.6) is 0 Å². The minimum absolute atomic E-state index is 0.133. The molecular formula is C25H32N6O2S. The van der Waals surface area contributed by atoms with Crippen molar-refractivity contribution in [2.24, 2.45) is 17.0 Å². The summed E-state index contributed by atoms with van der Waals surface area (Å²) in [5.41, 5.74) is 4.12. The Bertz CT molecular complexity index is 1230. The lowest BCUT2D eigenvalue weighted by molar-refractivity contribution is 0.267. The molecule has 180 valence electrons. The van der Waals surface area contributed by atoms with E-state index in [1.807, 2.05) is 24.3 Å². The number of benzene rings is 2. The van der Waals surface area contributed by atoms with Gasteiger partial charge >= 0.3 is 0 Å². The average Bonchev–Trinajstić information content (AvgIpc) is 3.33. The van der Waals surface area contributed by atoms with Gasteiger partial charge in [0, 0.05) is 24.6 Å². The van der Waals surface area contributed by atoms with Crippen molar-refractivity contribution in [3.8, 4) is 22.5 Å². The number of nitrogens with one attached hydrogen (secondary N) is 2. The molecule has 4 N–H and O–H groups in total. The number of nitrogens with two attached hydrogens (primary N) is 1. The Morgan fingerprint density at radius 2 is 1.71 bits per heavy atom. The van der Waals surface area contributed by atoms with Gasteiger partial charge in [-0.15, -0.1) is 5.10 Å². The molecule has 2 heterocycles. The van der Waals surface area contributed by atoms with Crippen molar-refractivity contribution in [2.45, 2.75) is 56.3 Å². The van der Waals surface area contributed by atoms with Crippen molar-refractivity contribution < 1.29 is 8.42 Å². The molecule has 0 amide bonds. The van der Waals surface area contributed by atoms with Crippen LogP contribution in [-0.4, -0.2) is 42.1 Å². The van der Waals surface area contributed by atoms with Crippen molar-refractivity contribution >= 4 is 10.0 Å². The van der Waals surface area contributed by atoms with Crippen LogP contribution < -0.4 is 10.5 Å². The molecule has 0 bridgehead atoms. The highest BCUT2D eigenvalue weighted by Gasteiger charge is 2.29. The van der Waals surface area contributed by atoms with E-state index < -0.39 is 10.0 Å². The average molecular weight is 481 g/mol. The summed E-state index contributed by atoms with van der Waals surface area (Å²) in [6, 6.07) is 12.2. The topological polar surface area (TPSA) is 127 Å². The monoisotopic (exact) mass is 480 g/mol. The van der Waals surface area contributed by atoms with Crippen molar-refractivity contribution in [3.05, 3.63) is 47.5 Å². The van der Waals surface area contributed by atoms with Crippen LogP contribution in [0.1, 0.15) is 56.1 Å². The van der Waals surface area contributed by atoms with Crippen LogP contribution in [0.15, 0.2) is 41.3 Å². The van der Waals surface area contributed by atoms with Gasteiger partial charge in [-0.1, -0.05) is 62.6 Å². The van der Waals surface area contributed by atoms with Crippen molar-refractivity contribution in [1.82, 2.24) is 25.9 Å². The van der Waals surface area contributed by atoms with Gasteiger partial charge in [0.2, 0.25) is 10.0 Å². The molecule has 8 nitrogen and oxygen atoms in total. The minimum Gasteiger partial charge on any atom is -0.315 e. The maximum absolute atomic E-state index is 13.0. The summed E-state index contributed by atoms with van der Waals surface area (Å²) in [6.07, 6.45) is 6.52. The van der Waals surface area contributed by atoms with E-state index in [2.05, 4.69) is 45.0 Å². The molecule has 2 fully saturated rings. The second-order valence-corrected chi connectivity index (χ2v) is 11.2. The van der Waals surface area contributed by atoms with Crippen LogP contribution in [-0.2, 0) is 16.4 Å². The maximum atomic E-state index is 13.0. The first kappa shape index (κ1) is 23.1. The molecule has 1 saturated carbocycles. The maximum Gasteiger partial charge on any atom is 0.239 e. The molecule has 1 aliphatic heterocycles. The van der Waals surface area contributed by atoms with E-state index >= 15 is 0 Å². The summed E-state index contributed by atoms with van der Waals surface area (Å²) in [5.74, 6) is 2.07. The molecule has 0 spiro atoms. The zero-order valence-electron chi connectivity index (χ0n) is 19.5. The number of aromatic nitrogens is 4. The normalized spacial score (nSPS) is 21.4. The third-order valence-electron chi connectivity index (χ3n) is 7.63. The highest BCUT2D eigenvalue weighted by atomic mass is 32.2. The van der Waals surface area contributed by atoms with Gasteiger partial charge in [-0.2, -0.15) is 0 Å². The summed E-state index contributed by atoms with van der Waals surface area (Å²) in [7, 11) is -4.03. The van der Waals surface area contributed by atoms with Gasteiger partial charge in [0.15, 0.2) is 5.82 Å². The van der Waals surface area contributed by atoms with E-state index in [1.54, 1.807) is 0 Å². The molecule has 1 aromatic heterocycles. The van der Waals surface area contributed by atoms with E-state index in [1.165, 1.54) is 24.8 Å². The summed E-state index contributed by atoms with van der Waals surface area (Å²) < 4.78 is 25.9. The molecule has 2 aromatic carbocycles. The van der Waals surface area contributed by atoms with Gasteiger partial charge < -0.3 is 5.32 Å². The first-order chi connectivity index (χ1) is 16.4. The number of rotatable bonds is 7. The van der Waals surface area contributed by atoms with E-state index in [0.29, 0.717) is 29.6 Å². The van der Waals surface area contributed by atoms with Crippen LogP contribution in [0, 0.1) is 11.8 Å². The highest BCUT2D eigenvalue weighted by Crippen LogP contribution is 2.40. The number of tetrazole rings is 1. The number of H-pyrrole nitrogens is 1. The van der Waals surface area contributed by atoms with Gasteiger partial charge in [0.1, 0.15) is 0 Å². The van der Waals surface area contributed by atoms with E-state index in [4.69, 9.17) is 5.14 Å². The molecule has 5 rings (SSSR count). The molecule has 3 aromatic rings. The van der Waals surface area contributed by atoms with Gasteiger partial charge in [0.05, 0.1) is 4.90 Å². The molecule has 9 heteroatoms. The lowest BCUT2D eigenvalue weighted by atomic mass is 9.78. The van der Waals surface area contributed by atoms with Crippen LogP contribution in [0.25, 0.3) is 22.5 Å². The van der Waals surface area contributed by atoms with E-state index in [-0.39, 0.29) is 4.90 Å². The summed E-state index contributed by atoms with van der Waals surface area (Å²) >= 11 is 0. The number of primary sulfonamides is 1. The quantitative estimate of drug-likeness (QED) is 0.474. The van der Waals surface area contributed by atoms with Gasteiger partial charge in [-0.3, -0.25) is 0 Å². The number of hydrogen-bond donors (Lipinski definition) is 3. The first-order valence-electron chi connectivity index (χ1n) is 12.2. The third-order valence-corrected chi connectivity index (χ3v) is 8.67. The van der Waals surface area contributed by atoms with Gasteiger partial charge in [0.25, 0.3) is 0 Å². The lowest BCUT2D eigenvalue weighted by Gasteiger charge is -2.29. The Hall–Kier alpha value is -2.62. The summed E-state index contributed by atoms with van der Waals surface area (Å²) in [6.45, 7) is 4.22. The Kier molecular flexibility index (Phi) is 6.50. The lowest BCUT2D eigenvalue weighted by Crippen LogP contribution is -2.39. The van der Waals surface area contributed by atoms with Crippen LogP contribution in [0.3, 0.4) is 0 Å². The van der Waals surface area contributed by atoms with Gasteiger partial charge in [-0.05, 0) is 63.8 Å². The second kappa shape index (κ2) is 9.56. The SMILES string of the molecule is CC[C@H]1CC[C@H](Cc2ccc(-c3ccc(C4CNC4)cc3)c(-c3nnn[nH]3)c2S(N)(=O)=O)CC1. The standard InChI is InChI=1S/C25H32N6O2S/c1-2-16-3-5-17(6-4-16)13-20-11-12-22(19-9-7-18(8-10-19)21-14-27-15-21)23(24(20)34(26,32)33)25-28-30-31-29-25/h7-12,16-17,21,27H,2-6,13-15H2,1H3,(H2,26,32,33)(H,28,29,30,31)/t16-,17-. The number of nitrogens with zero attached hydrogens (tertiary/aromatic N) is 3. The summed E-state index contributed by atoms with van der Waals surface area (Å²) in [5, 5.41) is 23.4. The first-order valence-corrected chi connectivity index (χ1v) is 13.7. The fourth-order valence-corrected chi connectivity index (χ4v) is 6.47. The van der Waals surface area contributed by atoms with Crippen molar-refractivity contribution in [1.29, 1.82) is 0 Å². The van der Waals surface area contributed by atoms with E-state index in [9.17, 15) is 8.42 Å². The largest absolute Gasteiger partial charge is 0.315 e. The fraction of sp³-hybridized carbons (Fsp3) is 0.480. The Morgan fingerprint density at radius 1 is 1.00 bits per heavy atom. The Morgan fingerprint density at radius 3 is 2.26 bits per heavy atom. The summed E-state index contributed by atoms with van der Waals surface area (Å²) in [4.78, 5) is 0.133.